The Labute approximate surface area is 204 Å². The van der Waals surface area contributed by atoms with Gasteiger partial charge in [0.25, 0.3) is 5.56 Å². The molecule has 0 aliphatic heterocycles. The van der Waals surface area contributed by atoms with Crippen LogP contribution in [0.25, 0.3) is 28.9 Å². The molecule has 1 fully saturated rings. The van der Waals surface area contributed by atoms with Crippen LogP contribution >= 0.6 is 0 Å². The molecule has 2 heterocycles. The van der Waals surface area contributed by atoms with Crippen molar-refractivity contribution in [3.63, 3.8) is 0 Å². The van der Waals surface area contributed by atoms with E-state index < -0.39 is 0 Å². The summed E-state index contributed by atoms with van der Waals surface area (Å²) < 4.78 is 18.9. The Kier molecular flexibility index (Phi) is 6.53. The van der Waals surface area contributed by atoms with Gasteiger partial charge in [-0.05, 0) is 73.7 Å². The third-order valence-corrected chi connectivity index (χ3v) is 6.36. The third kappa shape index (κ3) is 4.64. The maximum Gasteiger partial charge on any atom is 0.266 e. The van der Waals surface area contributed by atoms with Crippen molar-refractivity contribution in [3.05, 3.63) is 88.5 Å². The first-order valence-corrected chi connectivity index (χ1v) is 11.9. The van der Waals surface area contributed by atoms with Crippen LogP contribution < -0.4 is 19.8 Å². The van der Waals surface area contributed by atoms with Crippen molar-refractivity contribution in [2.75, 3.05) is 14.2 Å². The van der Waals surface area contributed by atoms with E-state index in [9.17, 15) is 4.79 Å². The molecule has 2 aromatic heterocycles. The van der Waals surface area contributed by atoms with E-state index in [1.807, 2.05) is 72.8 Å². The average molecular weight is 469 g/mol. The molecule has 0 N–H and O–H groups in total. The monoisotopic (exact) mass is 468 g/mol. The van der Waals surface area contributed by atoms with Crippen LogP contribution in [0.15, 0.2) is 71.7 Å². The zero-order valence-corrected chi connectivity index (χ0v) is 19.9. The zero-order chi connectivity index (χ0) is 24.2. The van der Waals surface area contributed by atoms with Gasteiger partial charge in [-0.25, -0.2) is 4.98 Å². The van der Waals surface area contributed by atoms with Gasteiger partial charge in [-0.3, -0.25) is 9.20 Å². The van der Waals surface area contributed by atoms with Gasteiger partial charge in [0, 0.05) is 11.8 Å². The van der Waals surface area contributed by atoms with Crippen LogP contribution in [0.3, 0.4) is 0 Å². The summed E-state index contributed by atoms with van der Waals surface area (Å²) in [4.78, 5) is 18.4. The molecule has 2 aromatic carbocycles. The first-order valence-electron chi connectivity index (χ1n) is 11.9. The highest BCUT2D eigenvalue weighted by atomic mass is 16.5. The quantitative estimate of drug-likeness (QED) is 0.339. The Bertz CT molecular complexity index is 1430. The van der Waals surface area contributed by atoms with Crippen molar-refractivity contribution in [1.82, 2.24) is 9.38 Å². The first kappa shape index (κ1) is 22.7. The lowest BCUT2D eigenvalue weighted by Gasteiger charge is -2.18. The first-order chi connectivity index (χ1) is 17.2. The van der Waals surface area contributed by atoms with E-state index in [0.717, 1.165) is 29.7 Å². The van der Waals surface area contributed by atoms with Gasteiger partial charge in [0.15, 0.2) is 11.5 Å². The maximum absolute atomic E-state index is 13.6. The van der Waals surface area contributed by atoms with Gasteiger partial charge in [-0.1, -0.05) is 30.3 Å². The van der Waals surface area contributed by atoms with Crippen LogP contribution in [0.1, 0.15) is 36.9 Å². The van der Waals surface area contributed by atoms with Crippen molar-refractivity contribution in [1.29, 1.82) is 0 Å². The Balaban J connectivity index is 1.64. The number of nitrogens with zero attached hydrogens (tertiary/aromatic N) is 2. The Morgan fingerprint density at radius 1 is 0.943 bits per heavy atom. The summed E-state index contributed by atoms with van der Waals surface area (Å²) in [7, 11) is 3.26. The van der Waals surface area contributed by atoms with E-state index in [1.54, 1.807) is 24.8 Å². The fraction of sp³-hybridized carbons (Fsp3) is 0.241. The average Bonchev–Trinajstić information content (AvgIpc) is 3.41. The lowest BCUT2D eigenvalue weighted by molar-refractivity contribution is 0.200. The molecule has 35 heavy (non-hydrogen) atoms. The summed E-state index contributed by atoms with van der Waals surface area (Å²) in [6, 6.07) is 18.8. The molecule has 1 aliphatic rings. The number of benzene rings is 2. The van der Waals surface area contributed by atoms with Gasteiger partial charge in [0.2, 0.25) is 0 Å². The smallest absolute Gasteiger partial charge is 0.266 e. The van der Waals surface area contributed by atoms with Crippen LogP contribution in [-0.4, -0.2) is 29.7 Å². The minimum absolute atomic E-state index is 0.142. The van der Waals surface area contributed by atoms with Crippen molar-refractivity contribution < 1.29 is 14.2 Å². The molecular weight excluding hydrogens is 440 g/mol. The molecule has 0 amide bonds. The van der Waals surface area contributed by atoms with E-state index in [0.29, 0.717) is 28.4 Å². The molecule has 1 saturated carbocycles. The van der Waals surface area contributed by atoms with Crippen LogP contribution in [0.5, 0.6) is 17.2 Å². The fourth-order valence-corrected chi connectivity index (χ4v) is 4.57. The number of fused-ring (bicyclic) bond motifs is 1. The van der Waals surface area contributed by atoms with E-state index in [4.69, 9.17) is 19.2 Å². The molecule has 5 rings (SSSR count). The Morgan fingerprint density at radius 2 is 1.77 bits per heavy atom. The minimum atomic E-state index is -0.142. The van der Waals surface area contributed by atoms with Crippen molar-refractivity contribution in [2.24, 2.45) is 0 Å². The molecule has 6 heteroatoms. The standard InChI is InChI=1S/C29H28N2O4/c1-33-23-13-7-10-21(19-23)27-24(30-26-15-5-6-18-31(26)29(27)32)17-16-20-9-8-14-25(34-2)28(20)35-22-11-3-4-12-22/h5-10,13-19,22H,3-4,11-12H2,1-2H3/b17-16+. The summed E-state index contributed by atoms with van der Waals surface area (Å²) in [5.41, 5.74) is 3.14. The topological polar surface area (TPSA) is 62.1 Å². The van der Waals surface area contributed by atoms with E-state index >= 15 is 0 Å². The molecule has 0 atom stereocenters. The number of hydrogen-bond acceptors (Lipinski definition) is 5. The molecule has 0 radical (unpaired) electrons. The molecule has 178 valence electrons. The zero-order valence-electron chi connectivity index (χ0n) is 19.9. The molecule has 1 aliphatic carbocycles. The predicted octanol–water partition coefficient (Wildman–Crippen LogP) is 5.87. The molecule has 0 spiro atoms. The Morgan fingerprint density at radius 3 is 2.57 bits per heavy atom. The summed E-state index contributed by atoms with van der Waals surface area (Å²) in [5.74, 6) is 2.09. The highest BCUT2D eigenvalue weighted by Crippen LogP contribution is 2.36. The highest BCUT2D eigenvalue weighted by molar-refractivity contribution is 5.81. The van der Waals surface area contributed by atoms with Gasteiger partial charge >= 0.3 is 0 Å². The van der Waals surface area contributed by atoms with Crippen molar-refractivity contribution >= 4 is 17.8 Å². The molecule has 0 unspecified atom stereocenters. The lowest BCUT2D eigenvalue weighted by atomic mass is 10.0. The van der Waals surface area contributed by atoms with E-state index in [1.165, 1.54) is 12.8 Å². The Hall–Kier alpha value is -4.06. The highest BCUT2D eigenvalue weighted by Gasteiger charge is 2.20. The fourth-order valence-electron chi connectivity index (χ4n) is 4.57. The van der Waals surface area contributed by atoms with Gasteiger partial charge in [-0.15, -0.1) is 0 Å². The second kappa shape index (κ2) is 10.1. The third-order valence-electron chi connectivity index (χ3n) is 6.36. The number of methoxy groups -OCH3 is 2. The second-order valence-electron chi connectivity index (χ2n) is 8.57. The maximum atomic E-state index is 13.6. The number of ether oxygens (including phenoxy) is 3. The van der Waals surface area contributed by atoms with E-state index in [2.05, 4.69) is 0 Å². The number of hydrogen-bond donors (Lipinski definition) is 0. The number of rotatable bonds is 7. The summed E-state index contributed by atoms with van der Waals surface area (Å²) in [6.07, 6.45) is 10.2. The van der Waals surface area contributed by atoms with Gasteiger partial charge in [-0.2, -0.15) is 0 Å². The van der Waals surface area contributed by atoms with Gasteiger partial charge < -0.3 is 14.2 Å². The van der Waals surface area contributed by atoms with Crippen LogP contribution in [0.4, 0.5) is 0 Å². The SMILES string of the molecule is COc1cccc(-c2c(/C=C/c3cccc(OC)c3OC3CCCC3)nc3ccccn3c2=O)c1. The molecule has 0 saturated heterocycles. The van der Waals surface area contributed by atoms with Gasteiger partial charge in [0.1, 0.15) is 11.4 Å². The van der Waals surface area contributed by atoms with Crippen LogP contribution in [0.2, 0.25) is 0 Å². The summed E-state index contributed by atoms with van der Waals surface area (Å²) in [6.45, 7) is 0. The molecular formula is C29H28N2O4. The van der Waals surface area contributed by atoms with Crippen molar-refractivity contribution in [2.45, 2.75) is 31.8 Å². The van der Waals surface area contributed by atoms with Crippen molar-refractivity contribution in [3.8, 4) is 28.4 Å². The lowest BCUT2D eigenvalue weighted by Crippen LogP contribution is -2.18. The van der Waals surface area contributed by atoms with E-state index in [-0.39, 0.29) is 11.7 Å². The summed E-state index contributed by atoms with van der Waals surface area (Å²) >= 11 is 0. The van der Waals surface area contributed by atoms with Crippen LogP contribution in [-0.2, 0) is 0 Å². The largest absolute Gasteiger partial charge is 0.497 e. The predicted molar refractivity (Wildman–Crippen MR) is 138 cm³/mol. The number of pyridine rings is 1. The normalized spacial score (nSPS) is 14.0. The molecule has 0 bridgehead atoms. The minimum Gasteiger partial charge on any atom is -0.497 e. The summed E-state index contributed by atoms with van der Waals surface area (Å²) in [5, 5.41) is 0. The number of aromatic nitrogens is 2. The second-order valence-corrected chi connectivity index (χ2v) is 8.57. The number of para-hydroxylation sites is 1. The molecule has 4 aromatic rings. The van der Waals surface area contributed by atoms with Crippen LogP contribution in [0, 0.1) is 0 Å². The molecule has 6 nitrogen and oxygen atoms in total. The van der Waals surface area contributed by atoms with Gasteiger partial charge in [0.05, 0.1) is 31.6 Å².